The molecule has 2 aromatic rings. The van der Waals surface area contributed by atoms with Crippen molar-refractivity contribution in [1.29, 1.82) is 0 Å². The third kappa shape index (κ3) is 3.09. The SMILES string of the molecule is O=C(NCC1CCCO1)c1cnoc1-c1ccccc1Cl. The van der Waals surface area contributed by atoms with Gasteiger partial charge in [0.2, 0.25) is 0 Å². The molecule has 1 saturated heterocycles. The second kappa shape index (κ2) is 6.28. The largest absolute Gasteiger partial charge is 0.376 e. The minimum atomic E-state index is -0.235. The zero-order chi connectivity index (χ0) is 14.7. The van der Waals surface area contributed by atoms with Crippen molar-refractivity contribution in [3.05, 3.63) is 41.0 Å². The Labute approximate surface area is 127 Å². The molecule has 1 unspecified atom stereocenters. The van der Waals surface area contributed by atoms with Crippen LogP contribution in [-0.4, -0.2) is 30.3 Å². The molecule has 21 heavy (non-hydrogen) atoms. The van der Waals surface area contributed by atoms with E-state index in [1.165, 1.54) is 6.20 Å². The number of rotatable bonds is 4. The van der Waals surface area contributed by atoms with E-state index in [4.69, 9.17) is 20.9 Å². The van der Waals surface area contributed by atoms with E-state index >= 15 is 0 Å². The summed E-state index contributed by atoms with van der Waals surface area (Å²) in [5, 5.41) is 7.08. The molecule has 0 saturated carbocycles. The van der Waals surface area contributed by atoms with Gasteiger partial charge in [-0.3, -0.25) is 4.79 Å². The molecule has 0 aliphatic carbocycles. The van der Waals surface area contributed by atoms with Crippen molar-refractivity contribution >= 4 is 17.5 Å². The number of nitrogens with one attached hydrogen (secondary N) is 1. The lowest BCUT2D eigenvalue weighted by Gasteiger charge is -2.10. The first-order chi connectivity index (χ1) is 10.3. The molecule has 1 atom stereocenters. The molecule has 5 nitrogen and oxygen atoms in total. The molecule has 1 N–H and O–H groups in total. The second-order valence-corrected chi connectivity index (χ2v) is 5.30. The zero-order valence-electron chi connectivity index (χ0n) is 11.3. The highest BCUT2D eigenvalue weighted by Crippen LogP contribution is 2.30. The van der Waals surface area contributed by atoms with Crippen LogP contribution in [0.5, 0.6) is 0 Å². The fraction of sp³-hybridized carbons (Fsp3) is 0.333. The molecule has 0 spiro atoms. The maximum atomic E-state index is 12.3. The summed E-state index contributed by atoms with van der Waals surface area (Å²) in [5.74, 6) is 0.145. The second-order valence-electron chi connectivity index (χ2n) is 4.89. The van der Waals surface area contributed by atoms with Crippen LogP contribution in [0.2, 0.25) is 5.02 Å². The molecule has 2 heterocycles. The van der Waals surface area contributed by atoms with E-state index in [0.717, 1.165) is 19.4 Å². The van der Waals surface area contributed by atoms with Crippen LogP contribution in [0.15, 0.2) is 35.0 Å². The smallest absolute Gasteiger partial charge is 0.256 e. The van der Waals surface area contributed by atoms with E-state index in [-0.39, 0.29) is 12.0 Å². The minimum Gasteiger partial charge on any atom is -0.376 e. The average Bonchev–Trinajstić information content (AvgIpc) is 3.16. The van der Waals surface area contributed by atoms with Gasteiger partial charge in [-0.25, -0.2) is 0 Å². The summed E-state index contributed by atoms with van der Waals surface area (Å²) in [5.41, 5.74) is 1.03. The molecule has 1 aliphatic rings. The van der Waals surface area contributed by atoms with Crippen molar-refractivity contribution in [2.24, 2.45) is 0 Å². The van der Waals surface area contributed by atoms with E-state index < -0.39 is 0 Å². The number of amides is 1. The van der Waals surface area contributed by atoms with Crippen molar-refractivity contribution < 1.29 is 14.1 Å². The topological polar surface area (TPSA) is 64.4 Å². The maximum Gasteiger partial charge on any atom is 0.256 e. The van der Waals surface area contributed by atoms with E-state index in [9.17, 15) is 4.79 Å². The van der Waals surface area contributed by atoms with Crippen LogP contribution in [0.4, 0.5) is 0 Å². The van der Waals surface area contributed by atoms with Crippen molar-refractivity contribution in [1.82, 2.24) is 10.5 Å². The van der Waals surface area contributed by atoms with Crippen LogP contribution < -0.4 is 5.32 Å². The first-order valence-corrected chi connectivity index (χ1v) is 7.23. The Kier molecular flexibility index (Phi) is 4.22. The van der Waals surface area contributed by atoms with Gasteiger partial charge < -0.3 is 14.6 Å². The number of hydrogen-bond acceptors (Lipinski definition) is 4. The van der Waals surface area contributed by atoms with Crippen LogP contribution in [0.1, 0.15) is 23.2 Å². The molecule has 3 rings (SSSR count). The fourth-order valence-electron chi connectivity index (χ4n) is 2.35. The highest BCUT2D eigenvalue weighted by atomic mass is 35.5. The summed E-state index contributed by atoms with van der Waals surface area (Å²) in [4.78, 5) is 12.3. The predicted molar refractivity (Wildman–Crippen MR) is 78.3 cm³/mol. The lowest BCUT2D eigenvalue weighted by Crippen LogP contribution is -2.31. The Morgan fingerprint density at radius 1 is 1.43 bits per heavy atom. The number of carbonyl (C=O) groups excluding carboxylic acids is 1. The van der Waals surface area contributed by atoms with Gasteiger partial charge in [0.25, 0.3) is 5.91 Å². The summed E-state index contributed by atoms with van der Waals surface area (Å²) in [6, 6.07) is 7.18. The van der Waals surface area contributed by atoms with Gasteiger partial charge in [0.05, 0.1) is 17.3 Å². The monoisotopic (exact) mass is 306 g/mol. The Morgan fingerprint density at radius 2 is 2.29 bits per heavy atom. The number of ether oxygens (including phenoxy) is 1. The van der Waals surface area contributed by atoms with Crippen molar-refractivity contribution in [2.45, 2.75) is 18.9 Å². The minimum absolute atomic E-state index is 0.0950. The quantitative estimate of drug-likeness (QED) is 0.943. The number of carbonyl (C=O) groups is 1. The van der Waals surface area contributed by atoms with E-state index in [1.807, 2.05) is 12.1 Å². The first-order valence-electron chi connectivity index (χ1n) is 6.85. The van der Waals surface area contributed by atoms with Gasteiger partial charge in [-0.2, -0.15) is 0 Å². The first kappa shape index (κ1) is 14.1. The van der Waals surface area contributed by atoms with Crippen LogP contribution >= 0.6 is 11.6 Å². The third-order valence-corrected chi connectivity index (χ3v) is 3.78. The molecule has 1 aromatic heterocycles. The third-order valence-electron chi connectivity index (χ3n) is 3.45. The molecule has 0 radical (unpaired) electrons. The Hall–Kier alpha value is -1.85. The Morgan fingerprint density at radius 3 is 3.05 bits per heavy atom. The molecule has 1 aliphatic heterocycles. The number of benzene rings is 1. The van der Waals surface area contributed by atoms with Crippen LogP contribution in [-0.2, 0) is 4.74 Å². The number of aromatic nitrogens is 1. The lowest BCUT2D eigenvalue weighted by atomic mass is 10.1. The summed E-state index contributed by atoms with van der Waals surface area (Å²) in [7, 11) is 0. The zero-order valence-corrected chi connectivity index (χ0v) is 12.1. The predicted octanol–water partition coefficient (Wildman–Crippen LogP) is 2.90. The van der Waals surface area contributed by atoms with Crippen molar-refractivity contribution in [3.63, 3.8) is 0 Å². The molecular weight excluding hydrogens is 292 g/mol. The highest BCUT2D eigenvalue weighted by Gasteiger charge is 2.21. The van der Waals surface area contributed by atoms with Gasteiger partial charge in [-0.15, -0.1) is 0 Å². The molecular formula is C15H15ClN2O3. The molecule has 1 amide bonds. The molecule has 110 valence electrons. The number of nitrogens with zero attached hydrogens (tertiary/aromatic N) is 1. The van der Waals surface area contributed by atoms with Gasteiger partial charge in [0.1, 0.15) is 5.56 Å². The summed E-state index contributed by atoms with van der Waals surface area (Å²) in [6.07, 6.45) is 3.52. The van der Waals surface area contributed by atoms with E-state index in [2.05, 4.69) is 10.5 Å². The molecule has 1 fully saturated rings. The molecule has 6 heteroatoms. The van der Waals surface area contributed by atoms with Gasteiger partial charge >= 0.3 is 0 Å². The van der Waals surface area contributed by atoms with E-state index in [0.29, 0.717) is 28.5 Å². The normalized spacial score (nSPS) is 17.9. The van der Waals surface area contributed by atoms with Crippen LogP contribution in [0, 0.1) is 0 Å². The Bertz CT molecular complexity index is 635. The van der Waals surface area contributed by atoms with E-state index in [1.54, 1.807) is 12.1 Å². The summed E-state index contributed by atoms with van der Waals surface area (Å²) < 4.78 is 10.7. The average molecular weight is 307 g/mol. The number of halogens is 1. The Balaban J connectivity index is 1.75. The van der Waals surface area contributed by atoms with Crippen LogP contribution in [0.25, 0.3) is 11.3 Å². The van der Waals surface area contributed by atoms with Gasteiger partial charge in [0.15, 0.2) is 5.76 Å². The fourth-order valence-corrected chi connectivity index (χ4v) is 2.57. The summed E-state index contributed by atoms with van der Waals surface area (Å²) >= 11 is 6.13. The van der Waals surface area contributed by atoms with Gasteiger partial charge in [0, 0.05) is 18.7 Å². The standard InChI is InChI=1S/C15H15ClN2O3/c16-13-6-2-1-5-11(13)14-12(9-18-21-14)15(19)17-8-10-4-3-7-20-10/h1-2,5-6,9-10H,3-4,7-8H2,(H,17,19). The van der Waals surface area contributed by atoms with Crippen molar-refractivity contribution in [2.75, 3.05) is 13.2 Å². The van der Waals surface area contributed by atoms with Gasteiger partial charge in [-0.1, -0.05) is 28.9 Å². The summed E-state index contributed by atoms with van der Waals surface area (Å²) in [6.45, 7) is 1.25. The molecule has 0 bridgehead atoms. The number of hydrogen-bond donors (Lipinski definition) is 1. The van der Waals surface area contributed by atoms with Crippen LogP contribution in [0.3, 0.4) is 0 Å². The maximum absolute atomic E-state index is 12.3. The lowest BCUT2D eigenvalue weighted by molar-refractivity contribution is 0.0858. The van der Waals surface area contributed by atoms with Crippen molar-refractivity contribution in [3.8, 4) is 11.3 Å². The van der Waals surface area contributed by atoms with Gasteiger partial charge in [-0.05, 0) is 25.0 Å². The molecule has 1 aromatic carbocycles. The highest BCUT2D eigenvalue weighted by molar-refractivity contribution is 6.33.